The number of aliphatic hydroxyl groups excluding tert-OH is 1. The minimum atomic E-state index is -2.41. The van der Waals surface area contributed by atoms with Gasteiger partial charge in [0.15, 0.2) is 0 Å². The van der Waals surface area contributed by atoms with Crippen molar-refractivity contribution in [2.45, 2.75) is 18.1 Å². The average molecular weight is 165 g/mol. The number of nitrogens with one attached hydrogen (secondary N) is 1. The molecule has 1 amide bonds. The summed E-state index contributed by atoms with van der Waals surface area (Å²) >= 11 is 0. The molecule has 0 saturated carbocycles. The van der Waals surface area contributed by atoms with Crippen molar-refractivity contribution in [1.82, 2.24) is 5.32 Å². The maximum atomic E-state index is 13.0. The number of hydrogen-bond donors (Lipinski definition) is 2. The lowest BCUT2D eigenvalue weighted by molar-refractivity contribution is -0.130. The fourth-order valence-corrected chi connectivity index (χ4v) is 1.07. The summed E-state index contributed by atoms with van der Waals surface area (Å²) in [7, 11) is 0. The summed E-state index contributed by atoms with van der Waals surface area (Å²) in [5.74, 6) is -0.959. The lowest BCUT2D eigenvalue weighted by atomic mass is 10.0. The minimum Gasteiger partial charge on any atom is -0.394 e. The van der Waals surface area contributed by atoms with Gasteiger partial charge in [-0.2, -0.15) is 0 Å². The van der Waals surface area contributed by atoms with Crippen LogP contribution in [-0.2, 0) is 4.79 Å². The van der Waals surface area contributed by atoms with Crippen molar-refractivity contribution >= 4 is 5.91 Å². The van der Waals surface area contributed by atoms with Crippen LogP contribution in [0.15, 0.2) is 0 Å². The molecule has 1 saturated heterocycles. The van der Waals surface area contributed by atoms with E-state index in [2.05, 4.69) is 5.32 Å². The van der Waals surface area contributed by atoms with E-state index in [-0.39, 0.29) is 13.0 Å². The maximum absolute atomic E-state index is 13.0. The van der Waals surface area contributed by atoms with Crippen LogP contribution < -0.4 is 5.32 Å². The van der Waals surface area contributed by atoms with Gasteiger partial charge in [-0.3, -0.25) is 4.79 Å². The number of carbonyl (C=O) groups is 1. The highest BCUT2D eigenvalue weighted by molar-refractivity contribution is 5.87. The number of aliphatic hydroxyl groups is 1. The zero-order valence-electron chi connectivity index (χ0n) is 5.81. The van der Waals surface area contributed by atoms with Gasteiger partial charge < -0.3 is 10.4 Å². The van der Waals surface area contributed by atoms with Gasteiger partial charge in [-0.15, -0.1) is 0 Å². The topological polar surface area (TPSA) is 49.3 Å². The van der Waals surface area contributed by atoms with Gasteiger partial charge in [-0.1, -0.05) is 0 Å². The highest BCUT2D eigenvalue weighted by Gasteiger charge is 2.47. The molecule has 1 aliphatic heterocycles. The predicted octanol–water partition coefficient (Wildman–Crippen LogP) is -0.455. The van der Waals surface area contributed by atoms with Crippen LogP contribution in [0.25, 0.3) is 0 Å². The molecule has 5 heteroatoms. The second-order valence-corrected chi connectivity index (χ2v) is 2.66. The summed E-state index contributed by atoms with van der Waals surface area (Å²) in [5, 5.41) is 10.6. The summed E-state index contributed by atoms with van der Waals surface area (Å²) in [5.41, 5.74) is -2.41. The molecule has 3 nitrogen and oxygen atoms in total. The molecule has 11 heavy (non-hydrogen) atoms. The first-order chi connectivity index (χ1) is 5.12. The lowest BCUT2D eigenvalue weighted by Crippen LogP contribution is -2.36. The van der Waals surface area contributed by atoms with Crippen LogP contribution in [0.4, 0.5) is 8.78 Å². The van der Waals surface area contributed by atoms with Crippen LogP contribution in [-0.4, -0.2) is 36.0 Å². The highest BCUT2D eigenvalue weighted by Crippen LogP contribution is 2.25. The van der Waals surface area contributed by atoms with Crippen molar-refractivity contribution in [2.75, 3.05) is 13.3 Å². The minimum absolute atomic E-state index is 0.279. The van der Waals surface area contributed by atoms with E-state index in [9.17, 15) is 13.6 Å². The van der Waals surface area contributed by atoms with Gasteiger partial charge in [0.2, 0.25) is 5.67 Å². The number of rotatable bonds is 2. The number of hydrogen-bond acceptors (Lipinski definition) is 2. The largest absolute Gasteiger partial charge is 0.394 e. The Balaban J connectivity index is 2.65. The van der Waals surface area contributed by atoms with E-state index in [4.69, 9.17) is 5.11 Å². The van der Waals surface area contributed by atoms with E-state index < -0.39 is 24.3 Å². The molecular weight excluding hydrogens is 156 g/mol. The van der Waals surface area contributed by atoms with Crippen molar-refractivity contribution in [3.8, 4) is 0 Å². The molecule has 0 aromatic rings. The third-order valence-electron chi connectivity index (χ3n) is 1.74. The van der Waals surface area contributed by atoms with Crippen molar-refractivity contribution in [3.05, 3.63) is 0 Å². The van der Waals surface area contributed by atoms with Gasteiger partial charge in [0, 0.05) is 6.42 Å². The van der Waals surface area contributed by atoms with Crippen LogP contribution in [0.1, 0.15) is 6.42 Å². The summed E-state index contributed by atoms with van der Waals surface area (Å²) < 4.78 is 24.9. The van der Waals surface area contributed by atoms with E-state index in [0.717, 1.165) is 0 Å². The number of amides is 1. The fourth-order valence-electron chi connectivity index (χ4n) is 1.07. The second kappa shape index (κ2) is 2.73. The normalized spacial score (nSPS) is 37.4. The Hall–Kier alpha value is -0.710. The Morgan fingerprint density at radius 2 is 2.45 bits per heavy atom. The van der Waals surface area contributed by atoms with Gasteiger partial charge in [0.05, 0.1) is 12.6 Å². The summed E-state index contributed by atoms with van der Waals surface area (Å²) in [4.78, 5) is 10.7. The zero-order valence-corrected chi connectivity index (χ0v) is 5.81. The summed E-state index contributed by atoms with van der Waals surface area (Å²) in [6.45, 7) is -1.67. The Morgan fingerprint density at radius 3 is 2.73 bits per heavy atom. The monoisotopic (exact) mass is 165 g/mol. The Bertz CT molecular complexity index is 176. The molecule has 2 N–H and O–H groups in total. The van der Waals surface area contributed by atoms with Gasteiger partial charge >= 0.3 is 0 Å². The molecule has 1 fully saturated rings. The third-order valence-corrected chi connectivity index (χ3v) is 1.74. The summed E-state index contributed by atoms with van der Waals surface area (Å²) in [6.07, 6.45) is -0.279. The van der Waals surface area contributed by atoms with Gasteiger partial charge in [0.1, 0.15) is 6.67 Å². The zero-order chi connectivity index (χ0) is 8.48. The molecule has 0 aromatic heterocycles. The Labute approximate surface area is 62.4 Å². The van der Waals surface area contributed by atoms with Crippen LogP contribution >= 0.6 is 0 Å². The fraction of sp³-hybridized carbons (Fsp3) is 0.833. The van der Waals surface area contributed by atoms with E-state index in [0.29, 0.717) is 0 Å². The van der Waals surface area contributed by atoms with E-state index in [1.54, 1.807) is 0 Å². The average Bonchev–Trinajstić information content (AvgIpc) is 2.29. The van der Waals surface area contributed by atoms with E-state index >= 15 is 0 Å². The molecule has 0 radical (unpaired) electrons. The van der Waals surface area contributed by atoms with Crippen molar-refractivity contribution in [2.24, 2.45) is 0 Å². The van der Waals surface area contributed by atoms with Gasteiger partial charge in [0.25, 0.3) is 5.91 Å². The molecule has 0 spiro atoms. The van der Waals surface area contributed by atoms with Crippen LogP contribution in [0.3, 0.4) is 0 Å². The van der Waals surface area contributed by atoms with Crippen molar-refractivity contribution in [3.63, 3.8) is 0 Å². The number of alkyl halides is 2. The molecule has 2 atom stereocenters. The molecule has 64 valence electrons. The first-order valence-electron chi connectivity index (χ1n) is 3.29. The van der Waals surface area contributed by atoms with Crippen LogP contribution in [0.2, 0.25) is 0 Å². The van der Waals surface area contributed by atoms with E-state index in [1.807, 2.05) is 0 Å². The van der Waals surface area contributed by atoms with Crippen molar-refractivity contribution in [1.29, 1.82) is 0 Å². The molecule has 0 aliphatic carbocycles. The molecular formula is C6H9F2NO2. The molecule has 0 bridgehead atoms. The van der Waals surface area contributed by atoms with Gasteiger partial charge in [-0.05, 0) is 0 Å². The van der Waals surface area contributed by atoms with E-state index in [1.165, 1.54) is 0 Å². The highest BCUT2D eigenvalue weighted by atomic mass is 19.2. The number of halogens is 2. The number of carbonyl (C=O) groups excluding carboxylic acids is 1. The summed E-state index contributed by atoms with van der Waals surface area (Å²) in [6, 6.07) is -0.636. The maximum Gasteiger partial charge on any atom is 0.260 e. The second-order valence-electron chi connectivity index (χ2n) is 2.66. The molecule has 0 unspecified atom stereocenters. The van der Waals surface area contributed by atoms with Crippen LogP contribution in [0, 0.1) is 0 Å². The Morgan fingerprint density at radius 1 is 1.82 bits per heavy atom. The smallest absolute Gasteiger partial charge is 0.260 e. The molecule has 0 aromatic carbocycles. The predicted molar refractivity (Wildman–Crippen MR) is 33.4 cm³/mol. The quantitative estimate of drug-likeness (QED) is 0.582. The standard InChI is InChI=1S/C6H9F2NO2/c7-3-6(8)1-4(2-10)9-5(6)11/h4,10H,1-3H2,(H,9,11)/t4-,6+/m0/s1. The SMILES string of the molecule is O=C1N[C@H](CO)C[C@@]1(F)CF. The molecule has 1 aliphatic rings. The Kier molecular flexibility index (Phi) is 2.08. The molecule has 1 heterocycles. The first kappa shape index (κ1) is 8.39. The third kappa shape index (κ3) is 1.33. The molecule has 1 rings (SSSR count). The van der Waals surface area contributed by atoms with Crippen LogP contribution in [0.5, 0.6) is 0 Å². The van der Waals surface area contributed by atoms with Gasteiger partial charge in [-0.25, -0.2) is 8.78 Å². The van der Waals surface area contributed by atoms with Crippen molar-refractivity contribution < 1.29 is 18.7 Å². The lowest BCUT2D eigenvalue weighted by Gasteiger charge is -2.09. The first-order valence-corrected chi connectivity index (χ1v) is 3.29.